The maximum absolute atomic E-state index is 12.2. The van der Waals surface area contributed by atoms with Crippen LogP contribution in [0.2, 0.25) is 0 Å². The molecule has 0 saturated carbocycles. The molecule has 0 unspecified atom stereocenters. The van der Waals surface area contributed by atoms with E-state index < -0.39 is 17.7 Å². The minimum Gasteiger partial charge on any atom is -0.478 e. The van der Waals surface area contributed by atoms with Gasteiger partial charge in [-0.1, -0.05) is 0 Å². The molecule has 0 saturated heterocycles. The molecule has 86 valence electrons. The van der Waals surface area contributed by atoms with E-state index in [9.17, 15) is 18.0 Å². The van der Waals surface area contributed by atoms with Crippen LogP contribution in [0.5, 0.6) is 0 Å². The Morgan fingerprint density at radius 2 is 1.81 bits per heavy atom. The lowest BCUT2D eigenvalue weighted by Crippen LogP contribution is -2.04. The van der Waals surface area contributed by atoms with Crippen LogP contribution < -0.4 is 5.32 Å². The molecule has 0 aliphatic heterocycles. The largest absolute Gasteiger partial charge is 0.478 e. The van der Waals surface area contributed by atoms with Crippen LogP contribution in [0.1, 0.15) is 5.56 Å². The molecule has 0 spiro atoms. The molecule has 0 aliphatic rings. The molecule has 0 radical (unpaired) electrons. The van der Waals surface area contributed by atoms with Gasteiger partial charge in [0.15, 0.2) is 0 Å². The van der Waals surface area contributed by atoms with Gasteiger partial charge in [-0.05, 0) is 24.3 Å². The van der Waals surface area contributed by atoms with E-state index in [1.165, 1.54) is 12.1 Å². The lowest BCUT2D eigenvalue weighted by atomic mass is 10.2. The van der Waals surface area contributed by atoms with E-state index in [0.717, 1.165) is 24.4 Å². The highest BCUT2D eigenvalue weighted by molar-refractivity contribution is 5.80. The summed E-state index contributed by atoms with van der Waals surface area (Å²) in [6, 6.07) is 4.26. The fraction of sp³-hybridized carbons (Fsp3) is 0.100. The summed E-state index contributed by atoms with van der Waals surface area (Å²) in [6.45, 7) is 0. The number of nitrogens with one attached hydrogen (secondary N) is 1. The van der Waals surface area contributed by atoms with E-state index >= 15 is 0 Å². The summed E-state index contributed by atoms with van der Waals surface area (Å²) in [5.41, 5.74) is -0.370. The molecule has 0 heterocycles. The fourth-order valence-electron chi connectivity index (χ4n) is 0.965. The van der Waals surface area contributed by atoms with Gasteiger partial charge in [-0.3, -0.25) is 0 Å². The summed E-state index contributed by atoms with van der Waals surface area (Å²) in [4.78, 5) is 10.1. The van der Waals surface area contributed by atoms with Crippen molar-refractivity contribution < 1.29 is 23.1 Å². The van der Waals surface area contributed by atoms with Crippen molar-refractivity contribution in [3.63, 3.8) is 0 Å². The van der Waals surface area contributed by atoms with Crippen LogP contribution in [0.25, 0.3) is 0 Å². The first-order valence-electron chi connectivity index (χ1n) is 4.23. The topological polar surface area (TPSA) is 49.3 Å². The van der Waals surface area contributed by atoms with Crippen molar-refractivity contribution in [2.45, 2.75) is 6.18 Å². The Labute approximate surface area is 89.2 Å². The van der Waals surface area contributed by atoms with Crippen LogP contribution >= 0.6 is 0 Å². The Kier molecular flexibility index (Phi) is 3.55. The molecular formula is C10H8F3NO2. The van der Waals surface area contributed by atoms with E-state index in [0.29, 0.717) is 5.69 Å². The first-order chi connectivity index (χ1) is 7.39. The standard InChI is InChI=1S/C10H8F3NO2/c11-10(12,13)7-1-3-8(4-2-7)14-6-5-9(15)16/h1-6,14H,(H,15,16)/b6-5+. The van der Waals surface area contributed by atoms with Gasteiger partial charge in [0.05, 0.1) is 5.56 Å². The average Bonchev–Trinajstić information content (AvgIpc) is 2.16. The molecule has 0 amide bonds. The summed E-state index contributed by atoms with van der Waals surface area (Å²) < 4.78 is 36.5. The van der Waals surface area contributed by atoms with Crippen molar-refractivity contribution in [2.75, 3.05) is 5.32 Å². The second kappa shape index (κ2) is 4.69. The van der Waals surface area contributed by atoms with Gasteiger partial charge in [0.2, 0.25) is 0 Å². The van der Waals surface area contributed by atoms with Crippen molar-refractivity contribution in [1.29, 1.82) is 0 Å². The number of benzene rings is 1. The number of aliphatic carboxylic acids is 1. The third kappa shape index (κ3) is 3.64. The number of carboxylic acids is 1. The molecule has 1 aromatic rings. The lowest BCUT2D eigenvalue weighted by Gasteiger charge is -2.07. The lowest BCUT2D eigenvalue weighted by molar-refractivity contribution is -0.137. The van der Waals surface area contributed by atoms with Crippen molar-refractivity contribution in [3.05, 3.63) is 42.1 Å². The molecule has 0 fully saturated rings. The van der Waals surface area contributed by atoms with Gasteiger partial charge in [-0.2, -0.15) is 13.2 Å². The number of carbonyl (C=O) groups is 1. The normalized spacial score (nSPS) is 11.7. The van der Waals surface area contributed by atoms with Crippen LogP contribution in [0, 0.1) is 0 Å². The van der Waals surface area contributed by atoms with Crippen molar-refractivity contribution in [1.82, 2.24) is 0 Å². The van der Waals surface area contributed by atoms with Crippen molar-refractivity contribution >= 4 is 11.7 Å². The number of alkyl halides is 3. The molecule has 1 rings (SSSR count). The summed E-state index contributed by atoms with van der Waals surface area (Å²) in [6.07, 6.45) is -2.39. The molecule has 0 aromatic heterocycles. The summed E-state index contributed by atoms with van der Waals surface area (Å²) >= 11 is 0. The van der Waals surface area contributed by atoms with E-state index in [4.69, 9.17) is 5.11 Å². The van der Waals surface area contributed by atoms with Gasteiger partial charge in [0, 0.05) is 18.0 Å². The second-order valence-electron chi connectivity index (χ2n) is 2.89. The van der Waals surface area contributed by atoms with Crippen LogP contribution in [-0.2, 0) is 11.0 Å². The highest BCUT2D eigenvalue weighted by atomic mass is 19.4. The zero-order chi connectivity index (χ0) is 12.2. The first-order valence-corrected chi connectivity index (χ1v) is 4.23. The molecule has 0 bridgehead atoms. The first kappa shape index (κ1) is 12.1. The predicted octanol–water partition coefficient (Wildman–Crippen LogP) is 2.72. The van der Waals surface area contributed by atoms with Crippen molar-refractivity contribution in [2.24, 2.45) is 0 Å². The SMILES string of the molecule is O=C(O)/C=C/Nc1ccc(C(F)(F)F)cc1. The Bertz CT molecular complexity index is 396. The monoisotopic (exact) mass is 231 g/mol. The van der Waals surface area contributed by atoms with Gasteiger partial charge < -0.3 is 10.4 Å². The second-order valence-corrected chi connectivity index (χ2v) is 2.89. The Morgan fingerprint density at radius 3 is 2.25 bits per heavy atom. The van der Waals surface area contributed by atoms with E-state index in [1.54, 1.807) is 0 Å². The molecule has 6 heteroatoms. The summed E-state index contributed by atoms with van der Waals surface area (Å²) in [5.74, 6) is -1.14. The van der Waals surface area contributed by atoms with Gasteiger partial charge >= 0.3 is 12.1 Å². The average molecular weight is 231 g/mol. The fourth-order valence-corrected chi connectivity index (χ4v) is 0.965. The summed E-state index contributed by atoms with van der Waals surface area (Å²) in [5, 5.41) is 10.8. The van der Waals surface area contributed by atoms with E-state index in [-0.39, 0.29) is 0 Å². The number of carboxylic acid groups (broad SMARTS) is 1. The van der Waals surface area contributed by atoms with E-state index in [1.807, 2.05) is 0 Å². The van der Waals surface area contributed by atoms with Crippen molar-refractivity contribution in [3.8, 4) is 0 Å². The molecule has 2 N–H and O–H groups in total. The minimum absolute atomic E-state index is 0.380. The van der Waals surface area contributed by atoms with Gasteiger partial charge in [-0.15, -0.1) is 0 Å². The van der Waals surface area contributed by atoms with Crippen LogP contribution in [-0.4, -0.2) is 11.1 Å². The molecule has 0 atom stereocenters. The Balaban J connectivity index is 2.69. The third-order valence-corrected chi connectivity index (χ3v) is 1.69. The predicted molar refractivity (Wildman–Crippen MR) is 51.8 cm³/mol. The quantitative estimate of drug-likeness (QED) is 0.786. The molecule has 0 aliphatic carbocycles. The van der Waals surface area contributed by atoms with Gasteiger partial charge in [-0.25, -0.2) is 4.79 Å². The number of anilines is 1. The Hall–Kier alpha value is -1.98. The molecule has 3 nitrogen and oxygen atoms in total. The number of rotatable bonds is 3. The maximum Gasteiger partial charge on any atom is 0.416 e. The minimum atomic E-state index is -4.37. The smallest absolute Gasteiger partial charge is 0.416 e. The maximum atomic E-state index is 12.2. The van der Waals surface area contributed by atoms with E-state index in [2.05, 4.69) is 5.32 Å². The Morgan fingerprint density at radius 1 is 1.25 bits per heavy atom. The molecular weight excluding hydrogens is 223 g/mol. The van der Waals surface area contributed by atoms with Gasteiger partial charge in [0.25, 0.3) is 0 Å². The highest BCUT2D eigenvalue weighted by Crippen LogP contribution is 2.29. The highest BCUT2D eigenvalue weighted by Gasteiger charge is 2.29. The summed E-state index contributed by atoms with van der Waals surface area (Å²) in [7, 11) is 0. The van der Waals surface area contributed by atoms with Crippen LogP contribution in [0.4, 0.5) is 18.9 Å². The zero-order valence-corrected chi connectivity index (χ0v) is 7.95. The number of hydrogen-bond donors (Lipinski definition) is 2. The van der Waals surface area contributed by atoms with Crippen LogP contribution in [0.3, 0.4) is 0 Å². The zero-order valence-electron chi connectivity index (χ0n) is 7.95. The van der Waals surface area contributed by atoms with Crippen LogP contribution in [0.15, 0.2) is 36.5 Å². The number of hydrogen-bond acceptors (Lipinski definition) is 2. The van der Waals surface area contributed by atoms with Gasteiger partial charge in [0.1, 0.15) is 0 Å². The number of halogens is 3. The molecule has 16 heavy (non-hydrogen) atoms. The third-order valence-electron chi connectivity index (χ3n) is 1.69. The molecule has 1 aromatic carbocycles.